The standard InChI is InChI=1S/C13H18N4O/c14-6-9-3-4-15-7-11(9)17-5-1-2-10-12(17)8-16-13(10)18/h3-4,7,10,12H,1-2,5-6,8,14H2,(H,16,18). The van der Waals surface area contributed by atoms with Crippen LogP contribution in [-0.4, -0.2) is 30.0 Å². The van der Waals surface area contributed by atoms with Gasteiger partial charge in [0.2, 0.25) is 5.91 Å². The molecule has 18 heavy (non-hydrogen) atoms. The summed E-state index contributed by atoms with van der Waals surface area (Å²) in [5.74, 6) is 0.326. The molecule has 3 heterocycles. The van der Waals surface area contributed by atoms with Gasteiger partial charge in [0.15, 0.2) is 0 Å². The van der Waals surface area contributed by atoms with Crippen molar-refractivity contribution in [2.45, 2.75) is 25.4 Å². The molecule has 0 saturated carbocycles. The number of nitrogens with zero attached hydrogens (tertiary/aromatic N) is 2. The van der Waals surface area contributed by atoms with Crippen LogP contribution in [-0.2, 0) is 11.3 Å². The van der Waals surface area contributed by atoms with Gasteiger partial charge in [0, 0.05) is 25.8 Å². The normalized spacial score (nSPS) is 26.9. The maximum atomic E-state index is 11.8. The highest BCUT2D eigenvalue weighted by molar-refractivity contribution is 5.83. The lowest BCUT2D eigenvalue weighted by molar-refractivity contribution is -0.122. The molecule has 0 spiro atoms. The summed E-state index contributed by atoms with van der Waals surface area (Å²) in [6.45, 7) is 2.23. The minimum absolute atomic E-state index is 0.129. The molecule has 3 N–H and O–H groups in total. The summed E-state index contributed by atoms with van der Waals surface area (Å²) in [5, 5.41) is 2.97. The predicted molar refractivity (Wildman–Crippen MR) is 69.0 cm³/mol. The zero-order valence-corrected chi connectivity index (χ0v) is 10.3. The zero-order valence-electron chi connectivity index (χ0n) is 10.3. The highest BCUT2D eigenvalue weighted by atomic mass is 16.2. The van der Waals surface area contributed by atoms with Crippen molar-refractivity contribution in [3.05, 3.63) is 24.0 Å². The fourth-order valence-electron chi connectivity index (χ4n) is 3.10. The van der Waals surface area contributed by atoms with E-state index in [1.807, 2.05) is 12.3 Å². The van der Waals surface area contributed by atoms with Crippen LogP contribution in [0.3, 0.4) is 0 Å². The van der Waals surface area contributed by atoms with Gasteiger partial charge in [0.25, 0.3) is 0 Å². The van der Waals surface area contributed by atoms with E-state index in [4.69, 9.17) is 5.73 Å². The fraction of sp³-hybridized carbons (Fsp3) is 0.538. The first kappa shape index (κ1) is 11.5. The summed E-state index contributed by atoms with van der Waals surface area (Å²) in [7, 11) is 0. The second kappa shape index (κ2) is 4.57. The van der Waals surface area contributed by atoms with Crippen molar-refractivity contribution in [1.29, 1.82) is 0 Å². The molecule has 3 rings (SSSR count). The van der Waals surface area contributed by atoms with Crippen LogP contribution in [0.4, 0.5) is 5.69 Å². The van der Waals surface area contributed by atoms with E-state index in [9.17, 15) is 4.79 Å². The van der Waals surface area contributed by atoms with Gasteiger partial charge in [-0.25, -0.2) is 0 Å². The van der Waals surface area contributed by atoms with Crippen LogP contribution in [0.1, 0.15) is 18.4 Å². The number of piperidine rings is 1. The Hall–Kier alpha value is -1.62. The van der Waals surface area contributed by atoms with Crippen molar-refractivity contribution in [1.82, 2.24) is 10.3 Å². The first-order valence-corrected chi connectivity index (χ1v) is 6.48. The number of rotatable bonds is 2. The fourth-order valence-corrected chi connectivity index (χ4v) is 3.10. The summed E-state index contributed by atoms with van der Waals surface area (Å²) in [4.78, 5) is 18.3. The minimum atomic E-state index is 0.129. The number of aromatic nitrogens is 1. The lowest BCUT2D eigenvalue weighted by atomic mass is 9.91. The highest BCUT2D eigenvalue weighted by Crippen LogP contribution is 2.32. The van der Waals surface area contributed by atoms with Crippen LogP contribution < -0.4 is 16.0 Å². The van der Waals surface area contributed by atoms with E-state index >= 15 is 0 Å². The number of hydrogen-bond donors (Lipinski definition) is 2. The summed E-state index contributed by atoms with van der Waals surface area (Å²) in [5.41, 5.74) is 7.98. The molecule has 0 aromatic carbocycles. The van der Waals surface area contributed by atoms with Crippen molar-refractivity contribution >= 4 is 11.6 Å². The number of anilines is 1. The average molecular weight is 246 g/mol. The molecular formula is C13H18N4O. The number of nitrogens with two attached hydrogens (primary N) is 1. The molecular weight excluding hydrogens is 228 g/mol. The minimum Gasteiger partial charge on any atom is -0.364 e. The quantitative estimate of drug-likeness (QED) is 0.785. The number of fused-ring (bicyclic) bond motifs is 1. The van der Waals surface area contributed by atoms with Crippen LogP contribution in [0.25, 0.3) is 0 Å². The van der Waals surface area contributed by atoms with Crippen LogP contribution in [0.5, 0.6) is 0 Å². The monoisotopic (exact) mass is 246 g/mol. The van der Waals surface area contributed by atoms with Crippen LogP contribution in [0.2, 0.25) is 0 Å². The first-order chi connectivity index (χ1) is 8.81. The van der Waals surface area contributed by atoms with E-state index in [1.165, 1.54) is 0 Å². The molecule has 2 atom stereocenters. The Bertz CT molecular complexity index is 462. The lowest BCUT2D eigenvalue weighted by Crippen LogP contribution is -2.46. The van der Waals surface area contributed by atoms with Crippen molar-refractivity contribution in [3.63, 3.8) is 0 Å². The van der Waals surface area contributed by atoms with Crippen molar-refractivity contribution in [2.75, 3.05) is 18.0 Å². The van der Waals surface area contributed by atoms with Crippen LogP contribution >= 0.6 is 0 Å². The molecule has 5 nitrogen and oxygen atoms in total. The molecule has 2 fully saturated rings. The average Bonchev–Trinajstić information content (AvgIpc) is 2.81. The van der Waals surface area contributed by atoms with E-state index in [0.717, 1.165) is 37.2 Å². The Morgan fingerprint density at radius 1 is 1.56 bits per heavy atom. The van der Waals surface area contributed by atoms with Crippen LogP contribution in [0, 0.1) is 5.92 Å². The molecule has 0 bridgehead atoms. The van der Waals surface area contributed by atoms with Gasteiger partial charge < -0.3 is 16.0 Å². The zero-order chi connectivity index (χ0) is 12.5. The number of carbonyl (C=O) groups is 1. The number of nitrogens with one attached hydrogen (secondary N) is 1. The molecule has 0 radical (unpaired) electrons. The Balaban J connectivity index is 1.93. The maximum Gasteiger partial charge on any atom is 0.225 e. The Kier molecular flexibility index (Phi) is 2.91. The predicted octanol–water partition coefficient (Wildman–Crippen LogP) is 0.255. The summed E-state index contributed by atoms with van der Waals surface area (Å²) < 4.78 is 0. The van der Waals surface area contributed by atoms with E-state index in [-0.39, 0.29) is 17.9 Å². The van der Waals surface area contributed by atoms with Gasteiger partial charge in [0.1, 0.15) is 0 Å². The summed E-state index contributed by atoms with van der Waals surface area (Å²) in [6.07, 6.45) is 5.68. The third-order valence-corrected chi connectivity index (χ3v) is 4.02. The van der Waals surface area contributed by atoms with E-state index in [0.29, 0.717) is 6.54 Å². The Morgan fingerprint density at radius 2 is 2.44 bits per heavy atom. The number of hydrogen-bond acceptors (Lipinski definition) is 4. The van der Waals surface area contributed by atoms with Crippen molar-refractivity contribution in [2.24, 2.45) is 11.7 Å². The molecule has 1 aromatic heterocycles. The molecule has 0 aliphatic carbocycles. The topological polar surface area (TPSA) is 71.2 Å². The highest BCUT2D eigenvalue weighted by Gasteiger charge is 2.41. The van der Waals surface area contributed by atoms with Gasteiger partial charge in [-0.15, -0.1) is 0 Å². The first-order valence-electron chi connectivity index (χ1n) is 6.48. The largest absolute Gasteiger partial charge is 0.364 e. The molecule has 2 aliphatic heterocycles. The lowest BCUT2D eigenvalue weighted by Gasteiger charge is -2.38. The number of carbonyl (C=O) groups excluding carboxylic acids is 1. The Morgan fingerprint density at radius 3 is 3.28 bits per heavy atom. The van der Waals surface area contributed by atoms with Gasteiger partial charge in [-0.1, -0.05) is 0 Å². The Labute approximate surface area is 106 Å². The molecule has 2 aliphatic rings. The van der Waals surface area contributed by atoms with Gasteiger partial charge in [-0.05, 0) is 24.5 Å². The van der Waals surface area contributed by atoms with Gasteiger partial charge in [-0.2, -0.15) is 0 Å². The SMILES string of the molecule is NCc1ccncc1N1CCCC2C(=O)NCC21. The molecule has 1 amide bonds. The maximum absolute atomic E-state index is 11.8. The number of amides is 1. The third kappa shape index (κ3) is 1.75. The van der Waals surface area contributed by atoms with Crippen molar-refractivity contribution < 1.29 is 4.79 Å². The molecule has 2 unspecified atom stereocenters. The van der Waals surface area contributed by atoms with E-state index in [1.54, 1.807) is 6.20 Å². The van der Waals surface area contributed by atoms with E-state index < -0.39 is 0 Å². The van der Waals surface area contributed by atoms with E-state index in [2.05, 4.69) is 15.2 Å². The van der Waals surface area contributed by atoms with Crippen molar-refractivity contribution in [3.8, 4) is 0 Å². The smallest absolute Gasteiger partial charge is 0.225 e. The molecule has 2 saturated heterocycles. The van der Waals surface area contributed by atoms with Gasteiger partial charge in [-0.3, -0.25) is 9.78 Å². The second-order valence-corrected chi connectivity index (χ2v) is 4.96. The molecule has 1 aromatic rings. The second-order valence-electron chi connectivity index (χ2n) is 4.96. The van der Waals surface area contributed by atoms with Gasteiger partial charge in [0.05, 0.1) is 23.8 Å². The summed E-state index contributed by atoms with van der Waals surface area (Å²) >= 11 is 0. The third-order valence-electron chi connectivity index (χ3n) is 4.02. The van der Waals surface area contributed by atoms with Gasteiger partial charge >= 0.3 is 0 Å². The number of pyridine rings is 1. The summed E-state index contributed by atoms with van der Waals surface area (Å²) in [6, 6.07) is 2.23. The molecule has 5 heteroatoms. The van der Waals surface area contributed by atoms with Crippen LogP contribution in [0.15, 0.2) is 18.5 Å². The molecule has 96 valence electrons.